The van der Waals surface area contributed by atoms with Crippen LogP contribution in [-0.4, -0.2) is 43.8 Å². The van der Waals surface area contributed by atoms with Crippen molar-refractivity contribution in [2.75, 3.05) is 10.8 Å². The average molecular weight is 620 g/mol. The highest BCUT2D eigenvalue weighted by molar-refractivity contribution is 7.92. The zero-order valence-corrected chi connectivity index (χ0v) is 24.4. The minimum atomic E-state index is -4.76. The predicted molar refractivity (Wildman–Crippen MR) is 154 cm³/mol. The summed E-state index contributed by atoms with van der Waals surface area (Å²) in [5.74, 6) is -1.73. The second kappa shape index (κ2) is 13.6. The van der Waals surface area contributed by atoms with Crippen LogP contribution in [0.4, 0.5) is 23.2 Å². The van der Waals surface area contributed by atoms with Crippen LogP contribution in [0.1, 0.15) is 50.2 Å². The first-order valence-corrected chi connectivity index (χ1v) is 15.4. The molecule has 1 aliphatic rings. The summed E-state index contributed by atoms with van der Waals surface area (Å²) in [5.41, 5.74) is -0.966. The summed E-state index contributed by atoms with van der Waals surface area (Å²) in [6, 6.07) is 15.0. The lowest BCUT2D eigenvalue weighted by Gasteiger charge is -2.34. The van der Waals surface area contributed by atoms with Crippen LogP contribution in [0, 0.1) is 5.82 Å². The molecule has 3 aromatic rings. The van der Waals surface area contributed by atoms with Gasteiger partial charge in [-0.1, -0.05) is 56.2 Å². The second-order valence-electron chi connectivity index (χ2n) is 10.4. The van der Waals surface area contributed by atoms with Crippen molar-refractivity contribution in [1.29, 1.82) is 0 Å². The van der Waals surface area contributed by atoms with Gasteiger partial charge in [0.25, 0.3) is 10.0 Å². The van der Waals surface area contributed by atoms with E-state index in [2.05, 4.69) is 5.32 Å². The summed E-state index contributed by atoms with van der Waals surface area (Å²) < 4.78 is 82.7. The maximum absolute atomic E-state index is 14.0. The number of alkyl halides is 3. The molecule has 0 spiro atoms. The third-order valence-electron chi connectivity index (χ3n) is 7.43. The molecule has 0 bridgehead atoms. The van der Waals surface area contributed by atoms with E-state index in [9.17, 15) is 35.6 Å². The predicted octanol–water partition coefficient (Wildman–Crippen LogP) is 5.91. The molecule has 1 atom stereocenters. The lowest BCUT2D eigenvalue weighted by molar-refractivity contribution is -0.140. The van der Waals surface area contributed by atoms with Gasteiger partial charge in [0, 0.05) is 12.6 Å². The Morgan fingerprint density at radius 3 is 2.21 bits per heavy atom. The van der Waals surface area contributed by atoms with E-state index in [-0.39, 0.29) is 29.6 Å². The normalized spacial score (nSPS) is 14.7. The number of carbonyl (C=O) groups excluding carboxylic acids is 2. The van der Waals surface area contributed by atoms with Crippen molar-refractivity contribution in [2.24, 2.45) is 0 Å². The smallest absolute Gasteiger partial charge is 0.352 e. The van der Waals surface area contributed by atoms with E-state index in [1.807, 2.05) is 0 Å². The lowest BCUT2D eigenvalue weighted by atomic mass is 10.1. The molecule has 0 aromatic heterocycles. The Bertz CT molecular complexity index is 1510. The van der Waals surface area contributed by atoms with Crippen LogP contribution in [0.15, 0.2) is 83.8 Å². The van der Waals surface area contributed by atoms with Crippen molar-refractivity contribution in [3.63, 3.8) is 0 Å². The summed E-state index contributed by atoms with van der Waals surface area (Å²) in [4.78, 5) is 28.5. The fourth-order valence-electron chi connectivity index (χ4n) is 5.16. The largest absolute Gasteiger partial charge is 0.416 e. The Labute approximate surface area is 248 Å². The van der Waals surface area contributed by atoms with E-state index in [0.29, 0.717) is 15.9 Å². The first kappa shape index (κ1) is 32.0. The third-order valence-corrected chi connectivity index (χ3v) is 9.21. The molecule has 2 amide bonds. The Morgan fingerprint density at radius 1 is 0.953 bits per heavy atom. The number of amides is 2. The molecule has 0 saturated heterocycles. The van der Waals surface area contributed by atoms with Crippen LogP contribution in [0.5, 0.6) is 0 Å². The minimum Gasteiger partial charge on any atom is -0.352 e. The fourth-order valence-corrected chi connectivity index (χ4v) is 6.59. The van der Waals surface area contributed by atoms with Gasteiger partial charge in [-0.15, -0.1) is 0 Å². The Balaban J connectivity index is 1.74. The Hall–Kier alpha value is -3.93. The van der Waals surface area contributed by atoms with Gasteiger partial charge < -0.3 is 10.2 Å². The van der Waals surface area contributed by atoms with Gasteiger partial charge in [0.1, 0.15) is 18.4 Å². The van der Waals surface area contributed by atoms with E-state index < -0.39 is 52.0 Å². The number of anilines is 1. The van der Waals surface area contributed by atoms with Crippen LogP contribution < -0.4 is 9.62 Å². The number of sulfonamides is 1. The number of nitrogens with zero attached hydrogens (tertiary/aromatic N) is 2. The van der Waals surface area contributed by atoms with Gasteiger partial charge in [0.15, 0.2) is 0 Å². The van der Waals surface area contributed by atoms with Crippen LogP contribution >= 0.6 is 0 Å². The molecule has 0 heterocycles. The summed E-state index contributed by atoms with van der Waals surface area (Å²) in [5, 5.41) is 2.98. The van der Waals surface area contributed by atoms with Crippen LogP contribution in [0.25, 0.3) is 0 Å². The van der Waals surface area contributed by atoms with Crippen molar-refractivity contribution >= 4 is 27.5 Å². The molecule has 1 unspecified atom stereocenters. The molecule has 0 aliphatic heterocycles. The molecule has 43 heavy (non-hydrogen) atoms. The minimum absolute atomic E-state index is 0.0515. The summed E-state index contributed by atoms with van der Waals surface area (Å²) in [7, 11) is -4.53. The topological polar surface area (TPSA) is 86.8 Å². The number of carbonyl (C=O) groups is 2. The summed E-state index contributed by atoms with van der Waals surface area (Å²) in [6.07, 6.45) is -1.06. The molecular formula is C31H33F4N3O4S. The number of benzene rings is 3. The van der Waals surface area contributed by atoms with E-state index in [1.54, 1.807) is 13.0 Å². The standard InChI is InChI=1S/C31H33F4N3O4S/c1-2-28(30(40)36-25-10-6-7-11-25)37(20-22-15-17-24(32)18-16-22)29(39)21-38(43(41,42)27-13-4-3-5-14-27)26-12-8-9-23(19-26)31(33,34)35/h3-5,8-9,12-19,25,28H,2,6-7,10-11,20-21H2,1H3,(H,36,40). The average Bonchev–Trinajstić information content (AvgIpc) is 3.49. The van der Waals surface area contributed by atoms with Crippen LogP contribution in [0.2, 0.25) is 0 Å². The highest BCUT2D eigenvalue weighted by atomic mass is 32.2. The maximum Gasteiger partial charge on any atom is 0.416 e. The van der Waals surface area contributed by atoms with Crippen molar-refractivity contribution in [2.45, 2.75) is 68.7 Å². The number of nitrogens with one attached hydrogen (secondary N) is 1. The van der Waals surface area contributed by atoms with E-state index in [0.717, 1.165) is 37.8 Å². The number of hydrogen-bond acceptors (Lipinski definition) is 4. The van der Waals surface area contributed by atoms with Gasteiger partial charge in [0.05, 0.1) is 16.1 Å². The number of rotatable bonds is 11. The highest BCUT2D eigenvalue weighted by Gasteiger charge is 2.36. The molecule has 1 N–H and O–H groups in total. The van der Waals surface area contributed by atoms with E-state index in [4.69, 9.17) is 0 Å². The molecular weight excluding hydrogens is 586 g/mol. The molecule has 1 aliphatic carbocycles. The SMILES string of the molecule is CCC(C(=O)NC1CCCC1)N(Cc1ccc(F)cc1)C(=O)CN(c1cccc(C(F)(F)F)c1)S(=O)(=O)c1ccccc1. The number of halogens is 4. The van der Waals surface area contributed by atoms with Gasteiger partial charge in [0.2, 0.25) is 11.8 Å². The molecule has 230 valence electrons. The van der Waals surface area contributed by atoms with Gasteiger partial charge in [-0.25, -0.2) is 12.8 Å². The monoisotopic (exact) mass is 619 g/mol. The van der Waals surface area contributed by atoms with Crippen molar-refractivity contribution in [1.82, 2.24) is 10.2 Å². The molecule has 1 fully saturated rings. The third kappa shape index (κ3) is 7.92. The zero-order valence-electron chi connectivity index (χ0n) is 23.6. The molecule has 0 radical (unpaired) electrons. The summed E-state index contributed by atoms with van der Waals surface area (Å²) >= 11 is 0. The van der Waals surface area contributed by atoms with Gasteiger partial charge >= 0.3 is 6.18 Å². The zero-order chi connectivity index (χ0) is 31.2. The van der Waals surface area contributed by atoms with Crippen molar-refractivity contribution in [3.05, 3.63) is 95.8 Å². The van der Waals surface area contributed by atoms with E-state index in [1.165, 1.54) is 59.5 Å². The lowest BCUT2D eigenvalue weighted by Crippen LogP contribution is -2.53. The van der Waals surface area contributed by atoms with Gasteiger partial charge in [-0.2, -0.15) is 13.2 Å². The molecule has 3 aromatic carbocycles. The second-order valence-corrected chi connectivity index (χ2v) is 12.3. The fraction of sp³-hybridized carbons (Fsp3) is 0.355. The first-order chi connectivity index (χ1) is 20.4. The van der Waals surface area contributed by atoms with Crippen LogP contribution in [-0.2, 0) is 32.3 Å². The van der Waals surface area contributed by atoms with Gasteiger partial charge in [-0.3, -0.25) is 13.9 Å². The Morgan fingerprint density at radius 2 is 1.60 bits per heavy atom. The molecule has 4 rings (SSSR count). The highest BCUT2D eigenvalue weighted by Crippen LogP contribution is 2.33. The number of hydrogen-bond donors (Lipinski definition) is 1. The quantitative estimate of drug-likeness (QED) is 0.271. The van der Waals surface area contributed by atoms with Crippen molar-refractivity contribution in [3.8, 4) is 0 Å². The summed E-state index contributed by atoms with van der Waals surface area (Å²) in [6.45, 7) is 0.666. The van der Waals surface area contributed by atoms with E-state index >= 15 is 0 Å². The maximum atomic E-state index is 14.0. The van der Waals surface area contributed by atoms with Crippen molar-refractivity contribution < 1.29 is 35.6 Å². The van der Waals surface area contributed by atoms with Gasteiger partial charge in [-0.05, 0) is 67.3 Å². The van der Waals surface area contributed by atoms with Crippen LogP contribution in [0.3, 0.4) is 0 Å². The molecule has 7 nitrogen and oxygen atoms in total. The molecule has 1 saturated carbocycles. The first-order valence-electron chi connectivity index (χ1n) is 14.0. The molecule has 12 heteroatoms. The Kier molecular flexibility index (Phi) is 10.1.